The van der Waals surface area contributed by atoms with Crippen LogP contribution in [0.25, 0.3) is 0 Å². The van der Waals surface area contributed by atoms with E-state index in [0.717, 1.165) is 37.8 Å². The number of benzene rings is 1. The lowest BCUT2D eigenvalue weighted by Gasteiger charge is -2.02. The van der Waals surface area contributed by atoms with Gasteiger partial charge in [-0.25, -0.2) is 8.78 Å². The Bertz CT molecular complexity index is 685. The Hall–Kier alpha value is -1.07. The minimum atomic E-state index is -0.697. The highest BCUT2D eigenvalue weighted by molar-refractivity contribution is 9.10. The lowest BCUT2D eigenvalue weighted by Crippen LogP contribution is -2.03. The molecule has 1 heterocycles. The summed E-state index contributed by atoms with van der Waals surface area (Å²) in [6, 6.07) is 3.82. The molecule has 1 aromatic carbocycles. The van der Waals surface area contributed by atoms with E-state index in [1.807, 2.05) is 6.07 Å². The van der Waals surface area contributed by atoms with Crippen LogP contribution in [-0.2, 0) is 12.8 Å². The average molecular weight is 371 g/mol. The molecule has 0 bridgehead atoms. The molecule has 0 amide bonds. The van der Waals surface area contributed by atoms with E-state index in [1.54, 1.807) is 0 Å². The molecule has 1 aliphatic rings. The first-order chi connectivity index (χ1) is 10.1. The fourth-order valence-electron chi connectivity index (χ4n) is 2.61. The molecule has 1 aliphatic carbocycles. The third-order valence-corrected chi connectivity index (χ3v) is 5.57. The lowest BCUT2D eigenvalue weighted by atomic mass is 10.1. The number of carbonyl (C=O) groups is 1. The second-order valence-electron chi connectivity index (χ2n) is 5.20. The highest BCUT2D eigenvalue weighted by atomic mass is 79.9. The Morgan fingerprint density at radius 1 is 1.05 bits per heavy atom. The van der Waals surface area contributed by atoms with Gasteiger partial charge in [0.25, 0.3) is 0 Å². The number of halogens is 3. The van der Waals surface area contributed by atoms with Gasteiger partial charge in [0.2, 0.25) is 5.78 Å². The van der Waals surface area contributed by atoms with Gasteiger partial charge in [-0.2, -0.15) is 0 Å². The van der Waals surface area contributed by atoms with Gasteiger partial charge in [-0.15, -0.1) is 11.3 Å². The smallest absolute Gasteiger partial charge is 0.206 e. The number of ketones is 1. The summed E-state index contributed by atoms with van der Waals surface area (Å²) in [6.07, 6.45) is 5.40. The molecule has 2 aromatic rings. The summed E-state index contributed by atoms with van der Waals surface area (Å²) >= 11 is 4.34. The lowest BCUT2D eigenvalue weighted by molar-refractivity contribution is 0.103. The largest absolute Gasteiger partial charge is 0.288 e. The summed E-state index contributed by atoms with van der Waals surface area (Å²) in [5.74, 6) is -1.76. The zero-order valence-electron chi connectivity index (χ0n) is 11.2. The molecule has 0 atom stereocenters. The molecule has 0 spiro atoms. The number of aryl methyl sites for hydroxylation is 2. The maximum Gasteiger partial charge on any atom is 0.206 e. The zero-order chi connectivity index (χ0) is 15.0. The van der Waals surface area contributed by atoms with Crippen LogP contribution in [0, 0.1) is 11.6 Å². The molecule has 0 radical (unpaired) electrons. The van der Waals surface area contributed by atoms with Crippen molar-refractivity contribution in [3.63, 3.8) is 0 Å². The average Bonchev–Trinajstić information content (AvgIpc) is 2.73. The molecular weight excluding hydrogens is 358 g/mol. The fraction of sp³-hybridized carbons (Fsp3) is 0.312. The predicted octanol–water partition coefficient (Wildman–Crippen LogP) is 5.29. The standard InChI is InChI=1S/C16H13BrF2OS/c17-11-8-12(18)10(7-13(11)19)16(20)15-6-9-4-2-1-3-5-14(9)21-15/h6-8H,1-5H2. The van der Waals surface area contributed by atoms with Gasteiger partial charge in [-0.05, 0) is 65.4 Å². The molecule has 0 aliphatic heterocycles. The van der Waals surface area contributed by atoms with Gasteiger partial charge >= 0.3 is 0 Å². The van der Waals surface area contributed by atoms with Crippen LogP contribution in [0.3, 0.4) is 0 Å². The van der Waals surface area contributed by atoms with Crippen molar-refractivity contribution in [2.75, 3.05) is 0 Å². The number of rotatable bonds is 2. The van der Waals surface area contributed by atoms with E-state index in [1.165, 1.54) is 28.2 Å². The molecule has 21 heavy (non-hydrogen) atoms. The van der Waals surface area contributed by atoms with Crippen molar-refractivity contribution < 1.29 is 13.6 Å². The summed E-state index contributed by atoms with van der Waals surface area (Å²) in [5, 5.41) is 0. The highest BCUT2D eigenvalue weighted by Gasteiger charge is 2.21. The number of hydrogen-bond acceptors (Lipinski definition) is 2. The van der Waals surface area contributed by atoms with Crippen molar-refractivity contribution in [3.05, 3.63) is 55.2 Å². The van der Waals surface area contributed by atoms with Gasteiger partial charge in [0.15, 0.2) is 0 Å². The highest BCUT2D eigenvalue weighted by Crippen LogP contribution is 2.31. The maximum absolute atomic E-state index is 13.9. The predicted molar refractivity (Wildman–Crippen MR) is 83.1 cm³/mol. The van der Waals surface area contributed by atoms with E-state index >= 15 is 0 Å². The summed E-state index contributed by atoms with van der Waals surface area (Å²) in [5.41, 5.74) is 0.992. The van der Waals surface area contributed by atoms with Crippen molar-refractivity contribution in [1.29, 1.82) is 0 Å². The van der Waals surface area contributed by atoms with Crippen molar-refractivity contribution in [1.82, 2.24) is 0 Å². The van der Waals surface area contributed by atoms with E-state index < -0.39 is 17.4 Å². The Balaban J connectivity index is 1.97. The zero-order valence-corrected chi connectivity index (χ0v) is 13.6. The van der Waals surface area contributed by atoms with E-state index in [-0.39, 0.29) is 10.0 Å². The molecular formula is C16H13BrF2OS. The monoisotopic (exact) mass is 370 g/mol. The first kappa shape index (κ1) is 14.9. The molecule has 0 saturated carbocycles. The number of thiophene rings is 1. The molecule has 5 heteroatoms. The van der Waals surface area contributed by atoms with E-state index in [4.69, 9.17) is 0 Å². The second kappa shape index (κ2) is 5.97. The number of hydrogen-bond donors (Lipinski definition) is 0. The molecule has 1 aromatic heterocycles. The van der Waals surface area contributed by atoms with Crippen LogP contribution < -0.4 is 0 Å². The van der Waals surface area contributed by atoms with Crippen molar-refractivity contribution in [3.8, 4) is 0 Å². The number of fused-ring (bicyclic) bond motifs is 1. The van der Waals surface area contributed by atoms with Crippen molar-refractivity contribution in [2.24, 2.45) is 0 Å². The third kappa shape index (κ3) is 2.94. The Kier molecular flexibility index (Phi) is 4.22. The van der Waals surface area contributed by atoms with Crippen molar-refractivity contribution in [2.45, 2.75) is 32.1 Å². The van der Waals surface area contributed by atoms with Gasteiger partial charge in [0, 0.05) is 4.88 Å². The van der Waals surface area contributed by atoms with Crippen molar-refractivity contribution >= 4 is 33.0 Å². The Labute approximate surface area is 134 Å². The molecule has 0 N–H and O–H groups in total. The molecule has 1 nitrogen and oxygen atoms in total. The van der Waals surface area contributed by atoms with E-state index in [9.17, 15) is 13.6 Å². The van der Waals surface area contributed by atoms with Crippen LogP contribution in [0.2, 0.25) is 0 Å². The van der Waals surface area contributed by atoms with Gasteiger partial charge in [0.05, 0.1) is 14.9 Å². The summed E-state index contributed by atoms with van der Waals surface area (Å²) in [4.78, 5) is 14.1. The van der Waals surface area contributed by atoms with E-state index in [0.29, 0.717) is 4.88 Å². The van der Waals surface area contributed by atoms with E-state index in [2.05, 4.69) is 15.9 Å². The Morgan fingerprint density at radius 3 is 2.62 bits per heavy atom. The van der Waals surface area contributed by atoms with Crippen LogP contribution in [0.15, 0.2) is 22.7 Å². The van der Waals surface area contributed by atoms with Gasteiger partial charge < -0.3 is 0 Å². The topological polar surface area (TPSA) is 17.1 Å². The third-order valence-electron chi connectivity index (χ3n) is 3.72. The van der Waals surface area contributed by atoms with Gasteiger partial charge in [0.1, 0.15) is 11.6 Å². The van der Waals surface area contributed by atoms with Crippen LogP contribution in [0.1, 0.15) is 44.9 Å². The quantitative estimate of drug-likeness (QED) is 0.398. The molecule has 3 rings (SSSR count). The van der Waals surface area contributed by atoms with Crippen LogP contribution in [0.4, 0.5) is 8.78 Å². The fourth-order valence-corrected chi connectivity index (χ4v) is 4.13. The van der Waals surface area contributed by atoms with Crippen LogP contribution in [-0.4, -0.2) is 5.78 Å². The first-order valence-electron chi connectivity index (χ1n) is 6.87. The SMILES string of the molecule is O=C(c1cc2c(s1)CCCCC2)c1cc(F)c(Br)cc1F. The van der Waals surface area contributed by atoms with Gasteiger partial charge in [-0.1, -0.05) is 6.42 Å². The maximum atomic E-state index is 13.9. The van der Waals surface area contributed by atoms with Crippen LogP contribution >= 0.6 is 27.3 Å². The molecule has 0 unspecified atom stereocenters. The second-order valence-corrected chi connectivity index (χ2v) is 7.19. The van der Waals surface area contributed by atoms with Gasteiger partial charge in [-0.3, -0.25) is 4.79 Å². The summed E-state index contributed by atoms with van der Waals surface area (Å²) < 4.78 is 27.5. The summed E-state index contributed by atoms with van der Waals surface area (Å²) in [7, 11) is 0. The number of carbonyl (C=O) groups excluding carboxylic acids is 1. The Morgan fingerprint density at radius 2 is 1.81 bits per heavy atom. The van der Waals surface area contributed by atoms with Crippen LogP contribution in [0.5, 0.6) is 0 Å². The normalized spacial score (nSPS) is 14.6. The molecule has 110 valence electrons. The minimum absolute atomic E-state index is 0.0264. The molecule has 0 saturated heterocycles. The first-order valence-corrected chi connectivity index (χ1v) is 8.48. The minimum Gasteiger partial charge on any atom is -0.288 e. The summed E-state index contributed by atoms with van der Waals surface area (Å²) in [6.45, 7) is 0. The molecule has 0 fully saturated rings.